The molecule has 8 aromatic rings. The van der Waals surface area contributed by atoms with Crippen molar-refractivity contribution < 1.29 is 4.42 Å². The van der Waals surface area contributed by atoms with Crippen LogP contribution in [0.25, 0.3) is 55.3 Å². The zero-order valence-electron chi connectivity index (χ0n) is 30.7. The molecule has 0 amide bonds. The highest BCUT2D eigenvalue weighted by Gasteiger charge is 2.71. The molecule has 55 heavy (non-hydrogen) atoms. The van der Waals surface area contributed by atoms with Crippen molar-refractivity contribution in [2.75, 3.05) is 4.90 Å². The first-order chi connectivity index (χ1) is 27.3. The Bertz CT molecular complexity index is 2830. The first-order valence-corrected chi connectivity index (χ1v) is 20.5. The second-order valence-corrected chi connectivity index (χ2v) is 17.2. The Labute approximate surface area is 322 Å². The molecule has 14 rings (SSSR count). The van der Waals surface area contributed by atoms with Gasteiger partial charge in [-0.25, -0.2) is 0 Å². The summed E-state index contributed by atoms with van der Waals surface area (Å²) in [5.41, 5.74) is 16.4. The number of rotatable bonds is 5. The average Bonchev–Trinajstić information content (AvgIpc) is 3.94. The highest BCUT2D eigenvalue weighted by molar-refractivity contribution is 6.09. The van der Waals surface area contributed by atoms with Crippen molar-refractivity contribution in [3.63, 3.8) is 0 Å². The Morgan fingerprint density at radius 2 is 1.20 bits per heavy atom. The van der Waals surface area contributed by atoms with Crippen LogP contribution in [0.15, 0.2) is 168 Å². The van der Waals surface area contributed by atoms with E-state index >= 15 is 0 Å². The maximum absolute atomic E-state index is 6.47. The summed E-state index contributed by atoms with van der Waals surface area (Å²) >= 11 is 0. The smallest absolute Gasteiger partial charge is 0.143 e. The van der Waals surface area contributed by atoms with Gasteiger partial charge in [-0.05, 0) is 131 Å². The Balaban J connectivity index is 0.987. The molecule has 264 valence electrons. The molecule has 2 heteroatoms. The van der Waals surface area contributed by atoms with Crippen LogP contribution in [0.1, 0.15) is 36.8 Å². The molecule has 6 aliphatic carbocycles. The Morgan fingerprint density at radius 1 is 0.491 bits per heavy atom. The summed E-state index contributed by atoms with van der Waals surface area (Å²) in [5.74, 6) is 5.40. The number of fused-ring (bicyclic) bond motifs is 6. The van der Waals surface area contributed by atoms with Gasteiger partial charge >= 0.3 is 0 Å². The molecule has 0 radical (unpaired) electrons. The van der Waals surface area contributed by atoms with Crippen LogP contribution >= 0.6 is 0 Å². The lowest BCUT2D eigenvalue weighted by atomic mass is 9.45. The lowest BCUT2D eigenvalue weighted by Gasteiger charge is -2.58. The molecule has 1 spiro atoms. The molecule has 7 unspecified atom stereocenters. The topological polar surface area (TPSA) is 16.4 Å². The van der Waals surface area contributed by atoms with Crippen LogP contribution in [0.3, 0.4) is 0 Å². The summed E-state index contributed by atoms with van der Waals surface area (Å²) in [5, 5.41) is 2.31. The zero-order chi connectivity index (χ0) is 35.8. The number of para-hydroxylation sites is 3. The van der Waals surface area contributed by atoms with Crippen LogP contribution in [0, 0.1) is 35.5 Å². The number of hydrogen-bond donors (Lipinski definition) is 0. The number of furan rings is 1. The molecular formula is C53H41NO. The van der Waals surface area contributed by atoms with E-state index in [1.54, 1.807) is 11.1 Å². The van der Waals surface area contributed by atoms with E-state index in [1.807, 2.05) is 6.07 Å². The van der Waals surface area contributed by atoms with E-state index in [9.17, 15) is 0 Å². The van der Waals surface area contributed by atoms with Gasteiger partial charge < -0.3 is 9.32 Å². The maximum Gasteiger partial charge on any atom is 0.143 e. The molecule has 7 aromatic carbocycles. The molecule has 1 heterocycles. The van der Waals surface area contributed by atoms with Crippen molar-refractivity contribution >= 4 is 39.0 Å². The van der Waals surface area contributed by atoms with Gasteiger partial charge in [0, 0.05) is 38.7 Å². The van der Waals surface area contributed by atoms with Crippen molar-refractivity contribution in [1.82, 2.24) is 0 Å². The molecular weight excluding hydrogens is 667 g/mol. The van der Waals surface area contributed by atoms with E-state index in [0.717, 1.165) is 74.3 Å². The largest absolute Gasteiger partial charge is 0.455 e. The lowest BCUT2D eigenvalue weighted by molar-refractivity contribution is -0.0173. The van der Waals surface area contributed by atoms with Crippen LogP contribution in [0.2, 0.25) is 0 Å². The quantitative estimate of drug-likeness (QED) is 0.177. The van der Waals surface area contributed by atoms with E-state index in [-0.39, 0.29) is 5.41 Å². The molecule has 0 aliphatic heterocycles. The van der Waals surface area contributed by atoms with Gasteiger partial charge in [0.15, 0.2) is 0 Å². The van der Waals surface area contributed by atoms with Crippen LogP contribution in [-0.2, 0) is 5.41 Å². The standard InChI is InChI=1S/C53H41NO/c1-2-11-32(12-3-1)39-13-5-8-19-49(39)54(37-23-21-33(22-24-37)40-16-10-17-43-42-15-6-9-20-50(42)55-52(40)43)38-25-26-47-45(31-38)41-14-4-7-18-46(41)53(47)36-28-35-27-34-29-48(53)51(35)44(34)30-36/h1-26,31,34-36,44,48,51H,27-30H2. The summed E-state index contributed by atoms with van der Waals surface area (Å²) < 4.78 is 6.47. The highest BCUT2D eigenvalue weighted by Crippen LogP contribution is 2.77. The fraction of sp³-hybridized carbons (Fsp3) is 0.208. The minimum atomic E-state index is 0.170. The van der Waals surface area contributed by atoms with Crippen LogP contribution < -0.4 is 4.90 Å². The lowest BCUT2D eigenvalue weighted by Crippen LogP contribution is -2.54. The number of benzene rings is 7. The number of nitrogens with zero attached hydrogens (tertiary/aromatic N) is 1. The summed E-state index contributed by atoms with van der Waals surface area (Å²) in [6.07, 6.45) is 5.80. The molecule has 6 aliphatic rings. The zero-order valence-corrected chi connectivity index (χ0v) is 30.7. The number of hydrogen-bond acceptors (Lipinski definition) is 2. The van der Waals surface area contributed by atoms with Gasteiger partial charge in [0.05, 0.1) is 5.69 Å². The minimum Gasteiger partial charge on any atom is -0.455 e. The van der Waals surface area contributed by atoms with Crippen molar-refractivity contribution in [2.24, 2.45) is 35.5 Å². The molecule has 5 fully saturated rings. The van der Waals surface area contributed by atoms with Crippen LogP contribution in [0.4, 0.5) is 17.1 Å². The van der Waals surface area contributed by atoms with Gasteiger partial charge in [0.25, 0.3) is 0 Å². The Morgan fingerprint density at radius 3 is 2.09 bits per heavy atom. The van der Waals surface area contributed by atoms with Gasteiger partial charge in [0.2, 0.25) is 0 Å². The summed E-state index contributed by atoms with van der Waals surface area (Å²) in [7, 11) is 0. The van der Waals surface area contributed by atoms with Gasteiger partial charge in [-0.1, -0.05) is 127 Å². The predicted molar refractivity (Wildman–Crippen MR) is 225 cm³/mol. The van der Waals surface area contributed by atoms with E-state index < -0.39 is 0 Å². The van der Waals surface area contributed by atoms with Crippen LogP contribution in [0.5, 0.6) is 0 Å². The molecule has 0 N–H and O–H groups in total. The minimum absolute atomic E-state index is 0.170. The van der Waals surface area contributed by atoms with Gasteiger partial charge in [-0.2, -0.15) is 0 Å². The van der Waals surface area contributed by atoms with Crippen molar-refractivity contribution in [3.8, 4) is 33.4 Å². The second-order valence-electron chi connectivity index (χ2n) is 17.2. The molecule has 1 aromatic heterocycles. The fourth-order valence-electron chi connectivity index (χ4n) is 13.4. The van der Waals surface area contributed by atoms with Gasteiger partial charge in [-0.3, -0.25) is 0 Å². The molecule has 2 nitrogen and oxygen atoms in total. The summed E-state index contributed by atoms with van der Waals surface area (Å²) in [6.45, 7) is 0. The van der Waals surface area contributed by atoms with E-state index in [0.29, 0.717) is 0 Å². The summed E-state index contributed by atoms with van der Waals surface area (Å²) in [4.78, 5) is 2.50. The van der Waals surface area contributed by atoms with E-state index in [1.165, 1.54) is 59.3 Å². The average molecular weight is 708 g/mol. The first-order valence-electron chi connectivity index (χ1n) is 20.5. The monoisotopic (exact) mass is 707 g/mol. The maximum atomic E-state index is 6.47. The molecule has 7 atom stereocenters. The van der Waals surface area contributed by atoms with Crippen molar-refractivity contribution in [1.29, 1.82) is 0 Å². The van der Waals surface area contributed by atoms with E-state index in [4.69, 9.17) is 4.42 Å². The fourth-order valence-corrected chi connectivity index (χ4v) is 13.4. The third kappa shape index (κ3) is 4.00. The third-order valence-corrected chi connectivity index (χ3v) is 15.1. The van der Waals surface area contributed by atoms with Crippen molar-refractivity contribution in [2.45, 2.75) is 31.1 Å². The second kappa shape index (κ2) is 11.1. The highest BCUT2D eigenvalue weighted by atomic mass is 16.3. The normalized spacial score (nSPS) is 26.3. The Kier molecular flexibility index (Phi) is 6.15. The molecule has 0 saturated heterocycles. The predicted octanol–water partition coefficient (Wildman–Crippen LogP) is 14.0. The van der Waals surface area contributed by atoms with Crippen molar-refractivity contribution in [3.05, 3.63) is 175 Å². The first kappa shape index (κ1) is 30.5. The van der Waals surface area contributed by atoms with E-state index in [2.05, 4.69) is 163 Å². The molecule has 5 saturated carbocycles. The SMILES string of the molecule is c1ccc(-c2ccccc2N(c2ccc(-c3cccc4c3oc3ccccc34)cc2)c2ccc3c(c2)-c2ccccc2C32C3CC4CC5CC2C4C5C3)cc1. The third-order valence-electron chi connectivity index (χ3n) is 15.1. The molecule has 6 bridgehead atoms. The van der Waals surface area contributed by atoms with Crippen LogP contribution in [-0.4, -0.2) is 0 Å². The number of anilines is 3. The van der Waals surface area contributed by atoms with Gasteiger partial charge in [0.1, 0.15) is 11.2 Å². The van der Waals surface area contributed by atoms with Gasteiger partial charge in [-0.15, -0.1) is 0 Å². The Hall–Kier alpha value is -5.86. The summed E-state index contributed by atoms with van der Waals surface area (Å²) in [6, 6.07) is 60.9.